The first-order valence-electron chi connectivity index (χ1n) is 4.40. The molecule has 0 fully saturated rings. The molecule has 0 radical (unpaired) electrons. The minimum atomic E-state index is 0.0115. The van der Waals surface area contributed by atoms with E-state index in [-0.39, 0.29) is 11.7 Å². The van der Waals surface area contributed by atoms with Gasteiger partial charge in [-0.3, -0.25) is 9.59 Å². The Labute approximate surface area is 77.4 Å². The summed E-state index contributed by atoms with van der Waals surface area (Å²) in [5, 5.41) is 5.59. The van der Waals surface area contributed by atoms with Crippen LogP contribution >= 0.6 is 0 Å². The van der Waals surface area contributed by atoms with Gasteiger partial charge < -0.3 is 10.6 Å². The van der Waals surface area contributed by atoms with Gasteiger partial charge in [-0.2, -0.15) is 0 Å². The van der Waals surface area contributed by atoms with Crippen LogP contribution in [-0.4, -0.2) is 25.3 Å². The van der Waals surface area contributed by atoms with Crippen LogP contribution in [0.4, 0.5) is 0 Å². The van der Waals surface area contributed by atoms with E-state index in [0.717, 1.165) is 12.1 Å². The smallest absolute Gasteiger partial charge is 0.221 e. The van der Waals surface area contributed by atoms with E-state index in [4.69, 9.17) is 0 Å². The molecule has 0 heterocycles. The van der Waals surface area contributed by atoms with Crippen molar-refractivity contribution >= 4 is 11.7 Å². The first-order valence-corrected chi connectivity index (χ1v) is 4.40. The summed E-state index contributed by atoms with van der Waals surface area (Å²) in [5.41, 5.74) is 0.953. The van der Waals surface area contributed by atoms with Gasteiger partial charge in [-0.1, -0.05) is 0 Å². The number of hydrogen-bond acceptors (Lipinski definition) is 3. The Hall–Kier alpha value is -1.32. The zero-order chi connectivity index (χ0) is 9.68. The number of nitrogens with one attached hydrogen (secondary N) is 2. The Bertz CT molecular complexity index is 246. The second kappa shape index (κ2) is 4.64. The molecule has 0 atom stereocenters. The highest BCUT2D eigenvalue weighted by molar-refractivity contribution is 5.92. The molecule has 72 valence electrons. The van der Waals surface area contributed by atoms with Crippen molar-refractivity contribution in [2.45, 2.75) is 19.3 Å². The number of carbonyl (C=O) groups is 2. The predicted molar refractivity (Wildman–Crippen MR) is 49.0 cm³/mol. The number of ketones is 1. The van der Waals surface area contributed by atoms with Gasteiger partial charge in [0.2, 0.25) is 5.91 Å². The number of rotatable bonds is 4. The van der Waals surface area contributed by atoms with E-state index in [1.807, 2.05) is 0 Å². The van der Waals surface area contributed by atoms with E-state index in [9.17, 15) is 9.59 Å². The van der Waals surface area contributed by atoms with Crippen LogP contribution in [-0.2, 0) is 9.59 Å². The number of amides is 1. The molecule has 0 bridgehead atoms. The van der Waals surface area contributed by atoms with Crippen molar-refractivity contribution in [3.63, 3.8) is 0 Å². The number of allylic oxidation sites excluding steroid dienone is 2. The maximum absolute atomic E-state index is 10.8. The third-order valence-electron chi connectivity index (χ3n) is 1.96. The summed E-state index contributed by atoms with van der Waals surface area (Å²) in [5.74, 6) is 0.180. The van der Waals surface area contributed by atoms with Crippen LogP contribution in [0.25, 0.3) is 0 Å². The fourth-order valence-corrected chi connectivity index (χ4v) is 1.20. The summed E-state index contributed by atoms with van der Waals surface area (Å²) in [7, 11) is 1.61. The van der Waals surface area contributed by atoms with E-state index >= 15 is 0 Å². The van der Waals surface area contributed by atoms with Gasteiger partial charge in [-0.15, -0.1) is 0 Å². The molecule has 0 aliphatic heterocycles. The van der Waals surface area contributed by atoms with Gasteiger partial charge in [-0.05, 0) is 6.42 Å². The first-order chi connectivity index (χ1) is 6.22. The molecule has 2 N–H and O–H groups in total. The molecule has 0 saturated heterocycles. The molecular weight excluding hydrogens is 168 g/mol. The Kier molecular flexibility index (Phi) is 3.49. The predicted octanol–water partition coefficient (Wildman–Crippen LogP) is -0.0411. The summed E-state index contributed by atoms with van der Waals surface area (Å²) in [4.78, 5) is 21.6. The lowest BCUT2D eigenvalue weighted by atomic mass is 10.3. The topological polar surface area (TPSA) is 58.2 Å². The molecule has 4 heteroatoms. The molecule has 0 aromatic heterocycles. The Morgan fingerprint density at radius 1 is 1.54 bits per heavy atom. The van der Waals surface area contributed by atoms with E-state index in [1.54, 1.807) is 13.1 Å². The molecular formula is C9H14N2O2. The average molecular weight is 182 g/mol. The van der Waals surface area contributed by atoms with Crippen LogP contribution < -0.4 is 10.6 Å². The van der Waals surface area contributed by atoms with Crippen molar-refractivity contribution < 1.29 is 9.59 Å². The van der Waals surface area contributed by atoms with Gasteiger partial charge >= 0.3 is 0 Å². The molecule has 0 aromatic rings. The quantitative estimate of drug-likeness (QED) is 0.641. The molecule has 4 nitrogen and oxygen atoms in total. The maximum Gasteiger partial charge on any atom is 0.221 e. The lowest BCUT2D eigenvalue weighted by Gasteiger charge is -2.04. The van der Waals surface area contributed by atoms with Crippen LogP contribution in [0.1, 0.15) is 19.3 Å². The zero-order valence-electron chi connectivity index (χ0n) is 7.72. The molecule has 13 heavy (non-hydrogen) atoms. The van der Waals surface area contributed by atoms with Gasteiger partial charge in [0.15, 0.2) is 5.78 Å². The van der Waals surface area contributed by atoms with Crippen LogP contribution in [0, 0.1) is 0 Å². The van der Waals surface area contributed by atoms with Gasteiger partial charge in [0.1, 0.15) is 0 Å². The van der Waals surface area contributed by atoms with Gasteiger partial charge in [0.05, 0.1) is 0 Å². The van der Waals surface area contributed by atoms with Crippen LogP contribution in [0.15, 0.2) is 11.8 Å². The fraction of sp³-hybridized carbons (Fsp3) is 0.556. The van der Waals surface area contributed by atoms with Crippen LogP contribution in [0.3, 0.4) is 0 Å². The third-order valence-corrected chi connectivity index (χ3v) is 1.96. The molecule has 0 saturated carbocycles. The third kappa shape index (κ3) is 3.27. The summed E-state index contributed by atoms with van der Waals surface area (Å²) >= 11 is 0. The summed E-state index contributed by atoms with van der Waals surface area (Å²) in [6.45, 7) is 0.596. The summed E-state index contributed by atoms with van der Waals surface area (Å²) in [6.07, 6.45) is 3.45. The second-order valence-corrected chi connectivity index (χ2v) is 2.99. The minimum absolute atomic E-state index is 0.0115. The maximum atomic E-state index is 10.8. The Balaban J connectivity index is 2.16. The highest BCUT2D eigenvalue weighted by Crippen LogP contribution is 2.11. The number of carbonyl (C=O) groups excluding carboxylic acids is 2. The Morgan fingerprint density at radius 2 is 2.31 bits per heavy atom. The normalized spacial score (nSPS) is 15.5. The van der Waals surface area contributed by atoms with Crippen molar-refractivity contribution in [3.05, 3.63) is 11.8 Å². The van der Waals surface area contributed by atoms with Gasteiger partial charge in [-0.25, -0.2) is 0 Å². The fourth-order valence-electron chi connectivity index (χ4n) is 1.20. The van der Waals surface area contributed by atoms with Crippen molar-refractivity contribution in [1.29, 1.82) is 0 Å². The average Bonchev–Trinajstić information content (AvgIpc) is 2.51. The molecule has 0 spiro atoms. The monoisotopic (exact) mass is 182 g/mol. The highest BCUT2D eigenvalue weighted by atomic mass is 16.1. The molecule has 1 aliphatic rings. The molecule has 0 aromatic carbocycles. The highest BCUT2D eigenvalue weighted by Gasteiger charge is 2.10. The molecule has 1 rings (SSSR count). The first kappa shape index (κ1) is 9.77. The second-order valence-electron chi connectivity index (χ2n) is 2.99. The van der Waals surface area contributed by atoms with Gasteiger partial charge in [0, 0.05) is 38.2 Å². The zero-order valence-corrected chi connectivity index (χ0v) is 7.72. The lowest BCUT2D eigenvalue weighted by molar-refractivity contribution is -0.120. The largest absolute Gasteiger partial charge is 0.388 e. The van der Waals surface area contributed by atoms with Crippen molar-refractivity contribution in [2.24, 2.45) is 0 Å². The summed E-state index contributed by atoms with van der Waals surface area (Å²) in [6, 6.07) is 0. The summed E-state index contributed by atoms with van der Waals surface area (Å²) < 4.78 is 0. The molecule has 1 aliphatic carbocycles. The van der Waals surface area contributed by atoms with Crippen LogP contribution in [0.2, 0.25) is 0 Å². The van der Waals surface area contributed by atoms with Crippen molar-refractivity contribution in [1.82, 2.24) is 10.6 Å². The lowest BCUT2D eigenvalue weighted by Crippen LogP contribution is -2.24. The SMILES string of the molecule is CNC(=O)CCNC1=CC(=O)CC1. The number of hydrogen-bond donors (Lipinski definition) is 2. The van der Waals surface area contributed by atoms with E-state index in [1.165, 1.54) is 0 Å². The Morgan fingerprint density at radius 3 is 2.85 bits per heavy atom. The minimum Gasteiger partial charge on any atom is -0.388 e. The standard InChI is InChI=1S/C9H14N2O2/c1-10-9(13)4-5-11-7-2-3-8(12)6-7/h6,11H,2-5H2,1H3,(H,10,13). The van der Waals surface area contributed by atoms with Gasteiger partial charge in [0.25, 0.3) is 0 Å². The van der Waals surface area contributed by atoms with Crippen molar-refractivity contribution in [3.8, 4) is 0 Å². The molecule has 1 amide bonds. The van der Waals surface area contributed by atoms with E-state index < -0.39 is 0 Å². The molecule has 0 unspecified atom stereocenters. The van der Waals surface area contributed by atoms with Crippen LogP contribution in [0.5, 0.6) is 0 Å². The van der Waals surface area contributed by atoms with E-state index in [0.29, 0.717) is 19.4 Å². The van der Waals surface area contributed by atoms with Crippen molar-refractivity contribution in [2.75, 3.05) is 13.6 Å². The van der Waals surface area contributed by atoms with E-state index in [2.05, 4.69) is 10.6 Å².